The van der Waals surface area contributed by atoms with Crippen molar-refractivity contribution in [3.05, 3.63) is 89.5 Å². The Labute approximate surface area is 200 Å². The van der Waals surface area contributed by atoms with Crippen molar-refractivity contribution in [1.29, 1.82) is 0 Å². The predicted molar refractivity (Wildman–Crippen MR) is 132 cm³/mol. The highest BCUT2D eigenvalue weighted by atomic mass is 32.2. The van der Waals surface area contributed by atoms with Crippen LogP contribution < -0.4 is 9.04 Å². The van der Waals surface area contributed by atoms with Crippen molar-refractivity contribution in [2.45, 2.75) is 30.1 Å². The number of methoxy groups -OCH3 is 1. The molecule has 176 valence electrons. The van der Waals surface area contributed by atoms with Gasteiger partial charge in [0.05, 0.1) is 23.3 Å². The zero-order valence-electron chi connectivity index (χ0n) is 19.2. The van der Waals surface area contributed by atoms with Crippen LogP contribution in [0.15, 0.2) is 77.7 Å². The van der Waals surface area contributed by atoms with Gasteiger partial charge in [-0.05, 0) is 60.6 Å². The molecule has 0 unspecified atom stereocenters. The number of carbonyl (C=O) groups excluding carboxylic acids is 1. The number of hydrogen-bond acceptors (Lipinski definition) is 4. The maximum absolute atomic E-state index is 13.5. The second kappa shape index (κ2) is 9.14. The summed E-state index contributed by atoms with van der Waals surface area (Å²) in [4.78, 5) is 15.4. The Hall–Kier alpha value is -3.32. The van der Waals surface area contributed by atoms with E-state index in [9.17, 15) is 13.2 Å². The number of likely N-dealkylation sites (tertiary alicyclic amines) is 1. The third-order valence-corrected chi connectivity index (χ3v) is 8.70. The maximum atomic E-state index is 13.5. The van der Waals surface area contributed by atoms with Crippen LogP contribution in [0.25, 0.3) is 0 Å². The molecule has 0 spiro atoms. The SMILES string of the molecule is COc1ccc(S(=O)(=O)N2CCc3ccccc32)cc1C(=O)N1CCC(c2ccccc2)CC1. The van der Waals surface area contributed by atoms with Gasteiger partial charge in [-0.15, -0.1) is 0 Å². The number of para-hydroxylation sites is 1. The van der Waals surface area contributed by atoms with Crippen LogP contribution in [0.5, 0.6) is 5.75 Å². The second-order valence-electron chi connectivity index (χ2n) is 8.80. The van der Waals surface area contributed by atoms with Gasteiger partial charge in [-0.1, -0.05) is 48.5 Å². The Morgan fingerprint density at radius 3 is 2.35 bits per heavy atom. The Morgan fingerprint density at radius 2 is 1.62 bits per heavy atom. The molecule has 1 saturated heterocycles. The first-order valence-corrected chi connectivity index (χ1v) is 13.1. The van der Waals surface area contributed by atoms with Crippen molar-refractivity contribution in [2.75, 3.05) is 31.0 Å². The highest BCUT2D eigenvalue weighted by molar-refractivity contribution is 7.92. The van der Waals surface area contributed by atoms with E-state index in [1.54, 1.807) is 11.0 Å². The van der Waals surface area contributed by atoms with E-state index < -0.39 is 10.0 Å². The average molecular weight is 477 g/mol. The highest BCUT2D eigenvalue weighted by Gasteiger charge is 2.33. The molecule has 34 heavy (non-hydrogen) atoms. The Balaban J connectivity index is 1.39. The van der Waals surface area contributed by atoms with Gasteiger partial charge in [-0.3, -0.25) is 9.10 Å². The fraction of sp³-hybridized carbons (Fsp3) is 0.296. The van der Waals surface area contributed by atoms with Gasteiger partial charge < -0.3 is 9.64 Å². The van der Waals surface area contributed by atoms with Crippen molar-refractivity contribution in [3.63, 3.8) is 0 Å². The standard InChI is InChI=1S/C27H28N2O4S/c1-33-26-12-11-23(34(31,32)29-18-15-22-9-5-6-10-25(22)29)19-24(26)27(30)28-16-13-21(14-17-28)20-7-3-2-4-8-20/h2-12,19,21H,13-18H2,1H3. The summed E-state index contributed by atoms with van der Waals surface area (Å²) in [6, 6.07) is 22.5. The summed E-state index contributed by atoms with van der Waals surface area (Å²) in [5, 5.41) is 0. The Kier molecular flexibility index (Phi) is 6.04. The number of sulfonamides is 1. The van der Waals surface area contributed by atoms with Gasteiger partial charge in [-0.2, -0.15) is 0 Å². The van der Waals surface area contributed by atoms with E-state index in [1.807, 2.05) is 42.5 Å². The molecule has 1 amide bonds. The monoisotopic (exact) mass is 476 g/mol. The molecule has 0 aliphatic carbocycles. The van der Waals surface area contributed by atoms with E-state index in [0.29, 0.717) is 43.4 Å². The second-order valence-corrected chi connectivity index (χ2v) is 10.7. The lowest BCUT2D eigenvalue weighted by molar-refractivity contribution is 0.0709. The molecule has 2 heterocycles. The summed E-state index contributed by atoms with van der Waals surface area (Å²) in [5.41, 5.74) is 3.30. The van der Waals surface area contributed by atoms with Crippen molar-refractivity contribution >= 4 is 21.6 Å². The first-order valence-electron chi connectivity index (χ1n) is 11.6. The number of piperidine rings is 1. The zero-order chi connectivity index (χ0) is 23.7. The van der Waals surface area contributed by atoms with Crippen LogP contribution in [-0.4, -0.2) is 46.0 Å². The fourth-order valence-corrected chi connectivity index (χ4v) is 6.54. The lowest BCUT2D eigenvalue weighted by Gasteiger charge is -2.32. The van der Waals surface area contributed by atoms with Crippen LogP contribution in [0.3, 0.4) is 0 Å². The summed E-state index contributed by atoms with van der Waals surface area (Å²) < 4.78 is 33.9. The van der Waals surface area contributed by atoms with E-state index in [4.69, 9.17) is 4.74 Å². The molecule has 3 aromatic rings. The molecule has 0 N–H and O–H groups in total. The molecule has 5 rings (SSSR count). The molecule has 0 saturated carbocycles. The van der Waals surface area contributed by atoms with Gasteiger partial charge in [-0.25, -0.2) is 8.42 Å². The lowest BCUT2D eigenvalue weighted by Crippen LogP contribution is -2.38. The smallest absolute Gasteiger partial charge is 0.264 e. The molecule has 0 aromatic heterocycles. The summed E-state index contributed by atoms with van der Waals surface area (Å²) in [5.74, 6) is 0.618. The zero-order valence-corrected chi connectivity index (χ0v) is 20.0. The summed E-state index contributed by atoms with van der Waals surface area (Å²) in [6.07, 6.45) is 2.43. The van der Waals surface area contributed by atoms with E-state index >= 15 is 0 Å². The van der Waals surface area contributed by atoms with Crippen LogP contribution in [0, 0.1) is 0 Å². The summed E-state index contributed by atoms with van der Waals surface area (Å²) >= 11 is 0. The molecule has 3 aromatic carbocycles. The van der Waals surface area contributed by atoms with Crippen molar-refractivity contribution in [2.24, 2.45) is 0 Å². The predicted octanol–water partition coefficient (Wildman–Crippen LogP) is 4.47. The molecule has 2 aliphatic rings. The van der Waals surface area contributed by atoms with Crippen LogP contribution in [0.4, 0.5) is 5.69 Å². The largest absolute Gasteiger partial charge is 0.496 e. The maximum Gasteiger partial charge on any atom is 0.264 e. The number of amides is 1. The normalized spacial score (nSPS) is 16.4. The Morgan fingerprint density at radius 1 is 0.912 bits per heavy atom. The van der Waals surface area contributed by atoms with Crippen LogP contribution in [0.2, 0.25) is 0 Å². The number of ether oxygens (including phenoxy) is 1. The van der Waals surface area contributed by atoms with Crippen molar-refractivity contribution in [1.82, 2.24) is 4.90 Å². The Bertz CT molecular complexity index is 1300. The number of rotatable bonds is 5. The van der Waals surface area contributed by atoms with Gasteiger partial charge in [0, 0.05) is 19.6 Å². The van der Waals surface area contributed by atoms with Crippen molar-refractivity contribution < 1.29 is 17.9 Å². The highest BCUT2D eigenvalue weighted by Crippen LogP contribution is 2.35. The van der Waals surface area contributed by atoms with Gasteiger partial charge in [0.15, 0.2) is 0 Å². The number of fused-ring (bicyclic) bond motifs is 1. The van der Waals surface area contributed by atoms with Gasteiger partial charge in [0.25, 0.3) is 15.9 Å². The molecular formula is C27H28N2O4S. The van der Waals surface area contributed by atoms with E-state index in [1.165, 1.54) is 29.1 Å². The summed E-state index contributed by atoms with van der Waals surface area (Å²) in [6.45, 7) is 1.64. The number of anilines is 1. The van der Waals surface area contributed by atoms with Gasteiger partial charge in [0.2, 0.25) is 0 Å². The fourth-order valence-electron chi connectivity index (χ4n) is 5.01. The van der Waals surface area contributed by atoms with Gasteiger partial charge in [0.1, 0.15) is 5.75 Å². The van der Waals surface area contributed by atoms with Crippen LogP contribution in [-0.2, 0) is 16.4 Å². The summed E-state index contributed by atoms with van der Waals surface area (Å²) in [7, 11) is -2.30. The molecule has 7 heteroatoms. The minimum atomic E-state index is -3.80. The molecule has 0 atom stereocenters. The van der Waals surface area contributed by atoms with Crippen LogP contribution >= 0.6 is 0 Å². The third-order valence-electron chi connectivity index (χ3n) is 6.89. The van der Waals surface area contributed by atoms with Gasteiger partial charge >= 0.3 is 0 Å². The number of hydrogen-bond donors (Lipinski definition) is 0. The first-order chi connectivity index (χ1) is 16.5. The molecule has 6 nitrogen and oxygen atoms in total. The molecular weight excluding hydrogens is 448 g/mol. The van der Waals surface area contributed by atoms with E-state index in [0.717, 1.165) is 18.4 Å². The minimum absolute atomic E-state index is 0.104. The average Bonchev–Trinajstić information content (AvgIpc) is 3.34. The topological polar surface area (TPSA) is 66.9 Å². The third kappa shape index (κ3) is 4.05. The lowest BCUT2D eigenvalue weighted by atomic mass is 9.89. The number of nitrogens with zero attached hydrogens (tertiary/aromatic N) is 2. The van der Waals surface area contributed by atoms with Crippen molar-refractivity contribution in [3.8, 4) is 5.75 Å². The van der Waals surface area contributed by atoms with E-state index in [2.05, 4.69) is 12.1 Å². The quantitative estimate of drug-likeness (QED) is 0.545. The van der Waals surface area contributed by atoms with Crippen LogP contribution in [0.1, 0.15) is 40.2 Å². The minimum Gasteiger partial charge on any atom is -0.496 e. The number of carbonyl (C=O) groups is 1. The molecule has 0 bridgehead atoms. The molecule has 0 radical (unpaired) electrons. The first kappa shape index (κ1) is 22.5. The molecule has 2 aliphatic heterocycles. The number of benzene rings is 3. The van der Waals surface area contributed by atoms with E-state index in [-0.39, 0.29) is 16.4 Å². The molecule has 1 fully saturated rings.